The predicted octanol–water partition coefficient (Wildman–Crippen LogP) is 4.20. The zero-order chi connectivity index (χ0) is 19.8. The van der Waals surface area contributed by atoms with Gasteiger partial charge in [0.05, 0.1) is 0 Å². The molecule has 0 saturated heterocycles. The number of aromatic nitrogens is 5. The number of amides is 1. The van der Waals surface area contributed by atoms with Crippen molar-refractivity contribution in [2.75, 3.05) is 10.6 Å². The zero-order valence-electron chi connectivity index (χ0n) is 16.0. The minimum Gasteiger partial charge on any atom is -0.326 e. The van der Waals surface area contributed by atoms with Gasteiger partial charge in [0.25, 0.3) is 0 Å². The van der Waals surface area contributed by atoms with E-state index in [2.05, 4.69) is 35.8 Å². The lowest BCUT2D eigenvalue weighted by Crippen LogP contribution is -2.05. The van der Waals surface area contributed by atoms with Crippen LogP contribution in [0.2, 0.25) is 0 Å². The van der Waals surface area contributed by atoms with Crippen molar-refractivity contribution in [1.82, 2.24) is 25.1 Å². The van der Waals surface area contributed by atoms with Gasteiger partial charge in [-0.3, -0.25) is 9.89 Å². The Hall–Kier alpha value is -2.94. The van der Waals surface area contributed by atoms with Crippen LogP contribution in [0.3, 0.4) is 0 Å². The highest BCUT2D eigenvalue weighted by atomic mass is 32.2. The summed E-state index contributed by atoms with van der Waals surface area (Å²) in [5.74, 6) is 3.03. The number of rotatable bonds is 7. The molecule has 9 heteroatoms. The van der Waals surface area contributed by atoms with Crippen molar-refractivity contribution in [3.63, 3.8) is 0 Å². The third kappa shape index (κ3) is 4.56. The molecular weight excluding hydrogens is 386 g/mol. The molecule has 3 N–H and O–H groups in total. The maximum absolute atomic E-state index is 11.2. The van der Waals surface area contributed by atoms with Crippen LogP contribution in [0.1, 0.15) is 56.0 Å². The number of nitrogens with zero attached hydrogens (tertiary/aromatic N) is 4. The van der Waals surface area contributed by atoms with Gasteiger partial charge in [-0.1, -0.05) is 0 Å². The topological polar surface area (TPSA) is 108 Å². The molecule has 2 heterocycles. The maximum atomic E-state index is 11.2. The summed E-state index contributed by atoms with van der Waals surface area (Å²) >= 11 is 1.48. The van der Waals surface area contributed by atoms with E-state index in [0.29, 0.717) is 22.9 Å². The number of carbonyl (C=O) groups is 1. The van der Waals surface area contributed by atoms with E-state index in [0.717, 1.165) is 40.8 Å². The molecule has 2 aromatic heterocycles. The Bertz CT molecular complexity index is 1040. The molecule has 2 fully saturated rings. The average Bonchev–Trinajstić information content (AvgIpc) is 3.61. The van der Waals surface area contributed by atoms with E-state index in [-0.39, 0.29) is 5.91 Å². The summed E-state index contributed by atoms with van der Waals surface area (Å²) in [6.45, 7) is 1.49. The first-order valence-electron chi connectivity index (χ1n) is 9.76. The van der Waals surface area contributed by atoms with Gasteiger partial charge in [0.2, 0.25) is 11.9 Å². The van der Waals surface area contributed by atoms with Gasteiger partial charge in [0.1, 0.15) is 5.82 Å². The number of H-pyrrole nitrogens is 1. The van der Waals surface area contributed by atoms with Crippen molar-refractivity contribution in [1.29, 1.82) is 0 Å². The molecular formula is C20H21N7OS. The van der Waals surface area contributed by atoms with Crippen molar-refractivity contribution in [2.45, 2.75) is 54.5 Å². The van der Waals surface area contributed by atoms with Crippen LogP contribution in [-0.2, 0) is 4.79 Å². The molecule has 148 valence electrons. The highest BCUT2D eigenvalue weighted by Crippen LogP contribution is 2.40. The van der Waals surface area contributed by atoms with Gasteiger partial charge in [0, 0.05) is 41.1 Å². The number of benzene rings is 1. The summed E-state index contributed by atoms with van der Waals surface area (Å²) in [4.78, 5) is 26.0. The Morgan fingerprint density at radius 1 is 1.07 bits per heavy atom. The minimum absolute atomic E-state index is 0.0872. The van der Waals surface area contributed by atoms with Crippen molar-refractivity contribution in [2.24, 2.45) is 0 Å². The fourth-order valence-corrected chi connectivity index (χ4v) is 3.79. The van der Waals surface area contributed by atoms with Gasteiger partial charge in [-0.15, -0.1) is 0 Å². The molecule has 3 aromatic rings. The third-order valence-corrected chi connectivity index (χ3v) is 5.69. The van der Waals surface area contributed by atoms with Gasteiger partial charge < -0.3 is 10.6 Å². The summed E-state index contributed by atoms with van der Waals surface area (Å²) in [7, 11) is 0. The van der Waals surface area contributed by atoms with E-state index in [9.17, 15) is 4.79 Å². The molecule has 0 atom stereocenters. The van der Waals surface area contributed by atoms with Gasteiger partial charge in [-0.05, 0) is 61.7 Å². The minimum atomic E-state index is -0.0872. The Kier molecular flexibility index (Phi) is 4.67. The Morgan fingerprint density at radius 3 is 2.52 bits per heavy atom. The quantitative estimate of drug-likeness (QED) is 0.538. The molecule has 0 unspecified atom stereocenters. The lowest BCUT2D eigenvalue weighted by Gasteiger charge is -2.07. The second-order valence-electron chi connectivity index (χ2n) is 7.49. The molecule has 0 radical (unpaired) electrons. The second-order valence-corrected chi connectivity index (χ2v) is 8.53. The van der Waals surface area contributed by atoms with E-state index in [4.69, 9.17) is 0 Å². The monoisotopic (exact) mass is 407 g/mol. The molecule has 1 amide bonds. The Labute approximate surface area is 172 Å². The van der Waals surface area contributed by atoms with Gasteiger partial charge in [-0.25, -0.2) is 4.98 Å². The molecule has 8 nitrogen and oxygen atoms in total. The van der Waals surface area contributed by atoms with Crippen LogP contribution in [0.15, 0.2) is 40.4 Å². The predicted molar refractivity (Wildman–Crippen MR) is 111 cm³/mol. The van der Waals surface area contributed by atoms with Crippen LogP contribution >= 0.6 is 11.8 Å². The Morgan fingerprint density at radius 2 is 1.83 bits per heavy atom. The van der Waals surface area contributed by atoms with Crippen molar-refractivity contribution >= 4 is 35.1 Å². The summed E-state index contributed by atoms with van der Waals surface area (Å²) in [6.07, 6.45) is 4.68. The van der Waals surface area contributed by atoms with Gasteiger partial charge in [0.15, 0.2) is 11.0 Å². The van der Waals surface area contributed by atoms with Crippen LogP contribution in [0, 0.1) is 0 Å². The number of aromatic amines is 1. The van der Waals surface area contributed by atoms with E-state index < -0.39 is 0 Å². The van der Waals surface area contributed by atoms with Crippen LogP contribution in [-0.4, -0.2) is 31.1 Å². The van der Waals surface area contributed by atoms with Gasteiger partial charge in [-0.2, -0.15) is 15.1 Å². The molecule has 5 rings (SSSR count). The van der Waals surface area contributed by atoms with Crippen molar-refractivity contribution in [3.8, 4) is 0 Å². The zero-order valence-corrected chi connectivity index (χ0v) is 16.8. The fourth-order valence-electron chi connectivity index (χ4n) is 3.03. The number of hydrogen-bond acceptors (Lipinski definition) is 7. The molecule has 2 saturated carbocycles. The summed E-state index contributed by atoms with van der Waals surface area (Å²) in [5, 5.41) is 14.1. The van der Waals surface area contributed by atoms with Crippen molar-refractivity contribution in [3.05, 3.63) is 41.9 Å². The van der Waals surface area contributed by atoms with Crippen LogP contribution in [0.4, 0.5) is 17.5 Å². The molecule has 0 aliphatic heterocycles. The highest BCUT2D eigenvalue weighted by Gasteiger charge is 2.28. The number of carbonyl (C=O) groups excluding carboxylic acids is 1. The first kappa shape index (κ1) is 18.1. The summed E-state index contributed by atoms with van der Waals surface area (Å²) in [6, 6.07) is 9.66. The highest BCUT2D eigenvalue weighted by molar-refractivity contribution is 7.99. The molecule has 0 spiro atoms. The van der Waals surface area contributed by atoms with Crippen molar-refractivity contribution < 1.29 is 4.79 Å². The van der Waals surface area contributed by atoms with Gasteiger partial charge >= 0.3 is 0 Å². The molecule has 0 bridgehead atoms. The molecule has 1 aromatic carbocycles. The lowest BCUT2D eigenvalue weighted by molar-refractivity contribution is -0.114. The summed E-state index contributed by atoms with van der Waals surface area (Å²) < 4.78 is 0. The maximum Gasteiger partial charge on any atom is 0.232 e. The van der Waals surface area contributed by atoms with E-state index in [1.54, 1.807) is 0 Å². The number of nitrogens with one attached hydrogen (secondary N) is 3. The van der Waals surface area contributed by atoms with Crippen LogP contribution in [0.25, 0.3) is 0 Å². The largest absolute Gasteiger partial charge is 0.326 e. The van der Waals surface area contributed by atoms with E-state index >= 15 is 0 Å². The standard InChI is InChI=1S/C20H21N7OS/c1-11(28)21-14-6-8-15(9-7-14)29-20-24-18(13-4-5-13)23-19(25-20)22-17-10-16(26-27-17)12-2-3-12/h6-10,12-13H,2-5H2,1H3,(H,21,28)(H2,22,23,24,25,26,27). The SMILES string of the molecule is CC(=O)Nc1ccc(Sc2nc(Nc3cc(C4CC4)[nH]n3)nc(C3CC3)n2)cc1. The summed E-state index contributed by atoms with van der Waals surface area (Å²) in [5.41, 5.74) is 1.93. The average molecular weight is 408 g/mol. The fraction of sp³-hybridized carbons (Fsp3) is 0.350. The number of anilines is 3. The van der Waals surface area contributed by atoms with Crippen LogP contribution < -0.4 is 10.6 Å². The third-order valence-electron chi connectivity index (χ3n) is 4.81. The normalized spacial score (nSPS) is 15.9. The Balaban J connectivity index is 1.35. The van der Waals surface area contributed by atoms with E-state index in [1.165, 1.54) is 31.5 Å². The first-order chi connectivity index (χ1) is 14.1. The smallest absolute Gasteiger partial charge is 0.232 e. The second kappa shape index (κ2) is 7.47. The first-order valence-corrected chi connectivity index (χ1v) is 10.6. The van der Waals surface area contributed by atoms with Crippen LogP contribution in [0.5, 0.6) is 0 Å². The lowest BCUT2D eigenvalue weighted by atomic mass is 10.3. The number of hydrogen-bond donors (Lipinski definition) is 3. The molecule has 2 aliphatic rings. The molecule has 2 aliphatic carbocycles. The van der Waals surface area contributed by atoms with E-state index in [1.807, 2.05) is 30.3 Å². The molecule has 29 heavy (non-hydrogen) atoms.